The van der Waals surface area contributed by atoms with Gasteiger partial charge in [-0.2, -0.15) is 4.98 Å². The second-order valence-electron chi connectivity index (χ2n) is 9.90. The number of hydrogen-bond donors (Lipinski definition) is 3. The molecule has 1 aliphatic heterocycles. The summed E-state index contributed by atoms with van der Waals surface area (Å²) in [5.41, 5.74) is 1.13. The minimum atomic E-state index is -4.68. The Hall–Kier alpha value is -1.85. The van der Waals surface area contributed by atoms with E-state index in [1.165, 1.54) is 0 Å². The van der Waals surface area contributed by atoms with E-state index in [1.807, 2.05) is 20.8 Å². The molecule has 8 nitrogen and oxygen atoms in total. The Morgan fingerprint density at radius 2 is 1.85 bits per heavy atom. The molecule has 1 aliphatic carbocycles. The van der Waals surface area contributed by atoms with Gasteiger partial charge in [-0.1, -0.05) is 0 Å². The van der Waals surface area contributed by atoms with Crippen LogP contribution in [0.25, 0.3) is 11.2 Å². The molecule has 3 heterocycles. The topological polar surface area (TPSA) is 88.9 Å². The van der Waals surface area contributed by atoms with Crippen LogP contribution in [0.2, 0.25) is 0 Å². The molecule has 33 heavy (non-hydrogen) atoms. The molecule has 2 aliphatic rings. The lowest BCUT2D eigenvalue weighted by Crippen LogP contribution is -2.39. The first-order chi connectivity index (χ1) is 15.5. The van der Waals surface area contributed by atoms with Gasteiger partial charge in [-0.05, 0) is 66.0 Å². The lowest BCUT2D eigenvalue weighted by Gasteiger charge is -2.34. The molecule has 1 saturated carbocycles. The second-order valence-corrected chi connectivity index (χ2v) is 10.5. The molecule has 3 unspecified atom stereocenters. The van der Waals surface area contributed by atoms with Gasteiger partial charge in [0.15, 0.2) is 5.65 Å². The van der Waals surface area contributed by atoms with E-state index < -0.39 is 17.8 Å². The average molecular weight is 490 g/mol. The Balaban J connectivity index is 1.64. The largest absolute Gasteiger partial charge is 0.522 e. The molecule has 3 N–H and O–H groups in total. The number of hydrogen-bond acceptors (Lipinski definition) is 7. The molecule has 2 fully saturated rings. The summed E-state index contributed by atoms with van der Waals surface area (Å²) >= 11 is 6.30. The summed E-state index contributed by atoms with van der Waals surface area (Å²) in [5.74, 6) is 1.09. The molecular formula is C21H31ClF3N7O. The number of alkyl halides is 4. The Morgan fingerprint density at radius 3 is 2.52 bits per heavy atom. The maximum absolute atomic E-state index is 12.8. The Morgan fingerprint density at radius 1 is 1.12 bits per heavy atom. The quantitative estimate of drug-likeness (QED) is 0.535. The summed E-state index contributed by atoms with van der Waals surface area (Å²) in [6, 6.07) is -0.139. The number of imidazole rings is 1. The number of halogens is 4. The number of anilines is 2. The van der Waals surface area contributed by atoms with Crippen LogP contribution in [-0.2, 0) is 4.74 Å². The number of nitrogens with one attached hydrogen (secondary N) is 3. The fraction of sp³-hybridized carbons (Fsp3) is 0.762. The maximum Gasteiger partial charge on any atom is 0.522 e. The van der Waals surface area contributed by atoms with Gasteiger partial charge in [0, 0.05) is 23.0 Å². The molecule has 4 rings (SSSR count). The van der Waals surface area contributed by atoms with E-state index in [4.69, 9.17) is 21.6 Å². The van der Waals surface area contributed by atoms with Gasteiger partial charge in [0.1, 0.15) is 5.52 Å². The first-order valence-corrected chi connectivity index (χ1v) is 11.8. The SMILES string of the molecule is CC(C)(C)Nc1ncc2nc(NC3CC(Cl)CC(OC(F)(F)F)C3)n(C3CCNCC3)c2n1. The van der Waals surface area contributed by atoms with Gasteiger partial charge in [-0.15, -0.1) is 24.8 Å². The molecule has 2 aromatic heterocycles. The van der Waals surface area contributed by atoms with Crippen molar-refractivity contribution in [1.29, 1.82) is 0 Å². The number of aromatic nitrogens is 4. The summed E-state index contributed by atoms with van der Waals surface area (Å²) in [6.45, 7) is 7.83. The lowest BCUT2D eigenvalue weighted by atomic mass is 9.92. The van der Waals surface area contributed by atoms with Crippen LogP contribution in [0.5, 0.6) is 0 Å². The Bertz CT molecular complexity index is 956. The molecule has 0 amide bonds. The van der Waals surface area contributed by atoms with Crippen LogP contribution >= 0.6 is 11.6 Å². The van der Waals surface area contributed by atoms with Crippen molar-refractivity contribution in [3.63, 3.8) is 0 Å². The molecule has 184 valence electrons. The molecule has 0 spiro atoms. The van der Waals surface area contributed by atoms with Crippen LogP contribution in [0, 0.1) is 0 Å². The fourth-order valence-corrected chi connectivity index (χ4v) is 5.00. The first kappa shape index (κ1) is 24.3. The van der Waals surface area contributed by atoms with Crippen molar-refractivity contribution in [2.24, 2.45) is 0 Å². The zero-order valence-corrected chi connectivity index (χ0v) is 19.8. The predicted molar refractivity (Wildman–Crippen MR) is 122 cm³/mol. The van der Waals surface area contributed by atoms with Crippen LogP contribution in [0.4, 0.5) is 25.1 Å². The summed E-state index contributed by atoms with van der Waals surface area (Å²) in [6.07, 6.45) is -1.31. The monoisotopic (exact) mass is 489 g/mol. The summed E-state index contributed by atoms with van der Waals surface area (Å²) in [4.78, 5) is 13.9. The molecule has 1 saturated heterocycles. The van der Waals surface area contributed by atoms with Crippen LogP contribution in [0.1, 0.15) is 58.9 Å². The maximum atomic E-state index is 12.8. The normalized spacial score (nSPS) is 25.4. The highest BCUT2D eigenvalue weighted by Gasteiger charge is 2.38. The van der Waals surface area contributed by atoms with E-state index in [-0.39, 0.29) is 30.5 Å². The minimum Gasteiger partial charge on any atom is -0.353 e. The van der Waals surface area contributed by atoms with E-state index in [9.17, 15) is 13.2 Å². The summed E-state index contributed by atoms with van der Waals surface area (Å²) in [7, 11) is 0. The highest BCUT2D eigenvalue weighted by atomic mass is 35.5. The number of rotatable bonds is 5. The van der Waals surface area contributed by atoms with Crippen molar-refractivity contribution in [2.45, 2.75) is 88.3 Å². The van der Waals surface area contributed by atoms with Crippen molar-refractivity contribution in [3.05, 3.63) is 6.20 Å². The van der Waals surface area contributed by atoms with Crippen LogP contribution in [0.15, 0.2) is 6.20 Å². The van der Waals surface area contributed by atoms with Crippen LogP contribution < -0.4 is 16.0 Å². The predicted octanol–water partition coefficient (Wildman–Crippen LogP) is 4.44. The fourth-order valence-electron chi connectivity index (χ4n) is 4.58. The van der Waals surface area contributed by atoms with Crippen molar-refractivity contribution in [3.8, 4) is 0 Å². The van der Waals surface area contributed by atoms with Gasteiger partial charge in [0.05, 0.1) is 12.3 Å². The Kier molecular flexibility index (Phi) is 6.93. The van der Waals surface area contributed by atoms with Crippen LogP contribution in [-0.4, -0.2) is 62.0 Å². The molecule has 12 heteroatoms. The van der Waals surface area contributed by atoms with Crippen molar-refractivity contribution in [1.82, 2.24) is 24.8 Å². The van der Waals surface area contributed by atoms with Crippen molar-refractivity contribution in [2.75, 3.05) is 23.7 Å². The van der Waals surface area contributed by atoms with Gasteiger partial charge in [0.2, 0.25) is 11.9 Å². The van der Waals surface area contributed by atoms with Crippen LogP contribution in [0.3, 0.4) is 0 Å². The number of piperidine rings is 1. The van der Waals surface area contributed by atoms with E-state index in [0.717, 1.165) is 25.9 Å². The molecule has 0 aromatic carbocycles. The third kappa shape index (κ3) is 6.39. The molecule has 2 aromatic rings. The molecular weight excluding hydrogens is 459 g/mol. The van der Waals surface area contributed by atoms with E-state index >= 15 is 0 Å². The Labute approximate surface area is 196 Å². The standard InChI is InChI=1S/C21H31ClF3N7O/c1-20(2,3)31-18-27-11-16-17(30-18)32(14-4-6-26-7-5-14)19(29-16)28-13-8-12(22)9-15(10-13)33-21(23,24)25/h11-15,26H,4-10H2,1-3H3,(H,28,29)(H,27,30,31). The van der Waals surface area contributed by atoms with E-state index in [1.54, 1.807) is 6.20 Å². The van der Waals surface area contributed by atoms with E-state index in [0.29, 0.717) is 29.5 Å². The average Bonchev–Trinajstić information content (AvgIpc) is 3.02. The van der Waals surface area contributed by atoms with Gasteiger partial charge in [-0.25, -0.2) is 9.97 Å². The summed E-state index contributed by atoms with van der Waals surface area (Å²) in [5, 5.41) is 9.60. The second kappa shape index (κ2) is 9.42. The summed E-state index contributed by atoms with van der Waals surface area (Å²) < 4.78 is 44.7. The molecule has 3 atom stereocenters. The number of nitrogens with zero attached hydrogens (tertiary/aromatic N) is 4. The van der Waals surface area contributed by atoms with Gasteiger partial charge < -0.3 is 16.0 Å². The zero-order valence-electron chi connectivity index (χ0n) is 19.0. The van der Waals surface area contributed by atoms with E-state index in [2.05, 4.69) is 30.2 Å². The minimum absolute atomic E-state index is 0.161. The van der Waals surface area contributed by atoms with Gasteiger partial charge >= 0.3 is 6.36 Å². The smallest absolute Gasteiger partial charge is 0.353 e. The third-order valence-electron chi connectivity index (χ3n) is 5.83. The highest BCUT2D eigenvalue weighted by Crippen LogP contribution is 2.34. The highest BCUT2D eigenvalue weighted by molar-refractivity contribution is 6.20. The van der Waals surface area contributed by atoms with Crippen molar-refractivity contribution >= 4 is 34.7 Å². The lowest BCUT2D eigenvalue weighted by molar-refractivity contribution is -0.345. The third-order valence-corrected chi connectivity index (χ3v) is 6.19. The molecule has 0 bridgehead atoms. The number of ether oxygens (including phenoxy) is 1. The molecule has 0 radical (unpaired) electrons. The first-order valence-electron chi connectivity index (χ1n) is 11.4. The van der Waals surface area contributed by atoms with Gasteiger partial charge in [-0.3, -0.25) is 9.30 Å². The van der Waals surface area contributed by atoms with Gasteiger partial charge in [0.25, 0.3) is 0 Å². The van der Waals surface area contributed by atoms with Crippen molar-refractivity contribution < 1.29 is 17.9 Å². The number of fused-ring (bicyclic) bond motifs is 1. The zero-order chi connectivity index (χ0) is 23.8.